The van der Waals surface area contributed by atoms with Crippen molar-refractivity contribution in [1.29, 1.82) is 0 Å². The minimum atomic E-state index is -5.46. The first-order chi connectivity index (χ1) is 19.1. The first-order valence-corrected chi connectivity index (χ1v) is 11.4. The zero-order chi connectivity index (χ0) is 30.3. The number of hydrogen-bond donors (Lipinski definition) is 0. The molecular weight excluding hydrogens is 573 g/mol. The van der Waals surface area contributed by atoms with Gasteiger partial charge in [-0.2, -0.15) is 22.0 Å². The van der Waals surface area contributed by atoms with E-state index >= 15 is 0 Å². The van der Waals surface area contributed by atoms with E-state index in [-0.39, 0.29) is 34.4 Å². The van der Waals surface area contributed by atoms with Crippen molar-refractivity contribution in [2.45, 2.75) is 19.2 Å². The molecule has 0 heterocycles. The highest BCUT2D eigenvalue weighted by molar-refractivity contribution is 5.73. The first-order valence-electron chi connectivity index (χ1n) is 11.4. The number of halogens is 11. The predicted molar refractivity (Wildman–Crippen MR) is 128 cm³/mol. The summed E-state index contributed by atoms with van der Waals surface area (Å²) in [5.74, 6) is -9.41. The van der Waals surface area contributed by atoms with Crippen LogP contribution in [0.2, 0.25) is 0 Å². The molecule has 0 aliphatic heterocycles. The van der Waals surface area contributed by atoms with Crippen LogP contribution in [0.5, 0.6) is 5.75 Å². The molecule has 0 saturated carbocycles. The van der Waals surface area contributed by atoms with Crippen molar-refractivity contribution in [3.63, 3.8) is 0 Å². The van der Waals surface area contributed by atoms with Crippen molar-refractivity contribution in [2.75, 3.05) is 0 Å². The lowest BCUT2D eigenvalue weighted by atomic mass is 9.98. The molecular formula is C29H15F11O. The van der Waals surface area contributed by atoms with Gasteiger partial charge in [0.05, 0.1) is 11.1 Å². The van der Waals surface area contributed by atoms with Gasteiger partial charge in [0.2, 0.25) is 0 Å². The molecule has 0 radical (unpaired) electrons. The second kappa shape index (κ2) is 10.9. The Labute approximate surface area is 225 Å². The minimum absolute atomic E-state index is 0.0623. The Morgan fingerprint density at radius 3 is 1.56 bits per heavy atom. The molecule has 0 N–H and O–H groups in total. The third-order valence-electron chi connectivity index (χ3n) is 5.87. The fourth-order valence-electron chi connectivity index (χ4n) is 3.93. The third-order valence-corrected chi connectivity index (χ3v) is 5.87. The van der Waals surface area contributed by atoms with Crippen LogP contribution in [-0.2, 0) is 12.3 Å². The van der Waals surface area contributed by atoms with E-state index < -0.39 is 69.6 Å². The van der Waals surface area contributed by atoms with Crippen LogP contribution in [0, 0.1) is 23.3 Å². The van der Waals surface area contributed by atoms with E-state index in [1.165, 1.54) is 24.3 Å². The molecule has 4 aromatic rings. The largest absolute Gasteiger partial charge is 0.429 e. The van der Waals surface area contributed by atoms with E-state index in [4.69, 9.17) is 0 Å². The van der Waals surface area contributed by atoms with Gasteiger partial charge in [-0.15, -0.1) is 0 Å². The number of allylic oxidation sites excluding steroid dienone is 1. The SMILES string of the molecule is CC(F)=C(F)c1ccc(-c2cc(F)c(-c3ccc(OC(F)(F)c4cc(F)c(C(F)(F)F)c(F)c4)cc3)c(F)c2)cc1. The molecule has 0 aromatic heterocycles. The number of alkyl halides is 5. The maximum absolute atomic E-state index is 14.9. The summed E-state index contributed by atoms with van der Waals surface area (Å²) in [5.41, 5.74) is -4.27. The molecule has 41 heavy (non-hydrogen) atoms. The fraction of sp³-hybridized carbons (Fsp3) is 0.103. The molecule has 214 valence electrons. The minimum Gasteiger partial charge on any atom is -0.429 e. The molecule has 0 unspecified atom stereocenters. The van der Waals surface area contributed by atoms with Crippen molar-refractivity contribution in [3.8, 4) is 28.0 Å². The molecule has 0 aliphatic rings. The Bertz CT molecular complexity index is 1570. The van der Waals surface area contributed by atoms with Gasteiger partial charge >= 0.3 is 12.3 Å². The Kier molecular flexibility index (Phi) is 7.88. The van der Waals surface area contributed by atoms with Crippen LogP contribution in [0.25, 0.3) is 28.1 Å². The molecule has 12 heteroatoms. The van der Waals surface area contributed by atoms with Crippen LogP contribution in [0.3, 0.4) is 0 Å². The zero-order valence-corrected chi connectivity index (χ0v) is 20.5. The van der Waals surface area contributed by atoms with Crippen molar-refractivity contribution in [3.05, 3.63) is 119 Å². The van der Waals surface area contributed by atoms with Crippen molar-refractivity contribution < 1.29 is 53.0 Å². The molecule has 0 atom stereocenters. The summed E-state index contributed by atoms with van der Waals surface area (Å²) in [6.07, 6.45) is -9.94. The van der Waals surface area contributed by atoms with Crippen LogP contribution >= 0.6 is 0 Å². The lowest BCUT2D eigenvalue weighted by Gasteiger charge is -2.20. The van der Waals surface area contributed by atoms with Crippen molar-refractivity contribution >= 4 is 5.83 Å². The van der Waals surface area contributed by atoms with E-state index in [0.29, 0.717) is 0 Å². The smallest absolute Gasteiger partial charge is 0.426 e. The van der Waals surface area contributed by atoms with E-state index in [1.807, 2.05) is 0 Å². The summed E-state index contributed by atoms with van der Waals surface area (Å²) >= 11 is 0. The van der Waals surface area contributed by atoms with Crippen LogP contribution < -0.4 is 4.74 Å². The van der Waals surface area contributed by atoms with Gasteiger partial charge in [-0.1, -0.05) is 36.4 Å². The van der Waals surface area contributed by atoms with Crippen LogP contribution in [0.4, 0.5) is 48.3 Å². The molecule has 0 fully saturated rings. The molecule has 0 bridgehead atoms. The average Bonchev–Trinajstić information content (AvgIpc) is 2.87. The van der Waals surface area contributed by atoms with Crippen molar-refractivity contribution in [1.82, 2.24) is 0 Å². The summed E-state index contributed by atoms with van der Waals surface area (Å²) < 4.78 is 156. The second-order valence-corrected chi connectivity index (χ2v) is 8.70. The molecule has 0 aliphatic carbocycles. The summed E-state index contributed by atoms with van der Waals surface area (Å²) in [4.78, 5) is 0. The highest BCUT2D eigenvalue weighted by atomic mass is 19.4. The summed E-state index contributed by atoms with van der Waals surface area (Å²) in [6, 6.07) is 10.3. The third kappa shape index (κ3) is 6.21. The standard InChI is InChI=1S/C29H15F11O/c1-14(30)27(35)17-4-2-15(3-5-17)18-10-21(31)25(22(32)11-18)16-6-8-20(9-7-16)41-29(39,40)19-12-23(33)26(24(34)13-19)28(36,37)38/h2-13H,1H3. The lowest BCUT2D eigenvalue weighted by molar-refractivity contribution is -0.186. The normalized spacial score (nSPS) is 12.8. The van der Waals surface area contributed by atoms with E-state index in [9.17, 15) is 48.3 Å². The van der Waals surface area contributed by atoms with Crippen LogP contribution in [0.1, 0.15) is 23.6 Å². The average molecular weight is 588 g/mol. The quantitative estimate of drug-likeness (QED) is 0.204. The number of rotatable bonds is 6. The van der Waals surface area contributed by atoms with Gasteiger partial charge in [-0.05, 0) is 60.0 Å². The monoisotopic (exact) mass is 588 g/mol. The number of benzene rings is 4. The fourth-order valence-corrected chi connectivity index (χ4v) is 3.93. The van der Waals surface area contributed by atoms with Gasteiger partial charge in [-0.25, -0.2) is 26.3 Å². The highest BCUT2D eigenvalue weighted by Gasteiger charge is 2.42. The Hall–Kier alpha value is -4.35. The van der Waals surface area contributed by atoms with Gasteiger partial charge in [0.1, 0.15) is 40.4 Å². The van der Waals surface area contributed by atoms with Crippen LogP contribution in [0.15, 0.2) is 78.6 Å². The van der Waals surface area contributed by atoms with E-state index in [1.54, 1.807) is 0 Å². The van der Waals surface area contributed by atoms with Gasteiger partial charge < -0.3 is 4.74 Å². The van der Waals surface area contributed by atoms with E-state index in [2.05, 4.69) is 4.74 Å². The molecule has 1 nitrogen and oxygen atoms in total. The summed E-state index contributed by atoms with van der Waals surface area (Å²) in [5, 5.41) is 0. The maximum Gasteiger partial charge on any atom is 0.426 e. The first kappa shape index (κ1) is 29.6. The maximum atomic E-state index is 14.9. The summed E-state index contributed by atoms with van der Waals surface area (Å²) in [6.45, 7) is 0.929. The second-order valence-electron chi connectivity index (χ2n) is 8.70. The number of hydrogen-bond acceptors (Lipinski definition) is 1. The molecule has 0 amide bonds. The molecule has 0 saturated heterocycles. The van der Waals surface area contributed by atoms with Crippen molar-refractivity contribution in [2.24, 2.45) is 0 Å². The molecule has 4 rings (SSSR count). The summed E-state index contributed by atoms with van der Waals surface area (Å²) in [7, 11) is 0. The van der Waals surface area contributed by atoms with Gasteiger partial charge in [0.25, 0.3) is 0 Å². The van der Waals surface area contributed by atoms with Gasteiger partial charge in [0.15, 0.2) is 5.83 Å². The molecule has 0 spiro atoms. The van der Waals surface area contributed by atoms with E-state index in [0.717, 1.165) is 43.3 Å². The Balaban J connectivity index is 1.57. The topological polar surface area (TPSA) is 9.23 Å². The molecule has 4 aromatic carbocycles. The highest BCUT2D eigenvalue weighted by Crippen LogP contribution is 2.39. The predicted octanol–water partition coefficient (Wildman–Crippen LogP) is 10.4. The lowest BCUT2D eigenvalue weighted by Crippen LogP contribution is -2.23. The van der Waals surface area contributed by atoms with Gasteiger partial charge in [0, 0.05) is 5.56 Å². The van der Waals surface area contributed by atoms with Gasteiger partial charge in [-0.3, -0.25) is 0 Å². The Morgan fingerprint density at radius 1 is 0.610 bits per heavy atom. The number of ether oxygens (including phenoxy) is 1. The zero-order valence-electron chi connectivity index (χ0n) is 20.5. The Morgan fingerprint density at radius 2 is 1.10 bits per heavy atom. The van der Waals surface area contributed by atoms with Crippen LogP contribution in [-0.4, -0.2) is 0 Å².